The maximum Gasteiger partial charge on any atom is 0.412 e. The summed E-state index contributed by atoms with van der Waals surface area (Å²) in [7, 11) is 0. The fourth-order valence-corrected chi connectivity index (χ4v) is 14.4. The van der Waals surface area contributed by atoms with Crippen molar-refractivity contribution >= 4 is 131 Å². The molecule has 0 unspecified atom stereocenters. The molecule has 0 spiro atoms. The second kappa shape index (κ2) is 42.2. The monoisotopic (exact) mass is 1720 g/mol. The fourth-order valence-electron chi connectivity index (χ4n) is 11.1. The summed E-state index contributed by atoms with van der Waals surface area (Å²) in [4.78, 5) is 122. The van der Waals surface area contributed by atoms with Gasteiger partial charge < -0.3 is 60.5 Å². The van der Waals surface area contributed by atoms with Gasteiger partial charge in [-0.15, -0.1) is 45.3 Å². The van der Waals surface area contributed by atoms with E-state index in [0.29, 0.717) is 73.2 Å². The number of nitrogen functional groups attached to an aromatic ring is 1. The normalized spacial score (nSPS) is 12.0. The van der Waals surface area contributed by atoms with Crippen LogP contribution in [0.25, 0.3) is 0 Å². The van der Waals surface area contributed by atoms with Gasteiger partial charge in [-0.2, -0.15) is 0 Å². The van der Waals surface area contributed by atoms with Crippen LogP contribution >= 0.6 is 45.3 Å². The minimum Gasteiger partial charge on any atom is -0.450 e. The highest BCUT2D eigenvalue weighted by Gasteiger charge is 2.30. The Bertz CT molecular complexity index is 5470. The summed E-state index contributed by atoms with van der Waals surface area (Å²) in [6.45, 7) is 27.9. The molecule has 1 fully saturated rings. The summed E-state index contributed by atoms with van der Waals surface area (Å²) in [5, 5.41) is 37.6. The number of amides is 7. The molecule has 0 aliphatic heterocycles. The van der Waals surface area contributed by atoms with E-state index >= 15 is 0 Å². The number of thiazole rings is 4. The van der Waals surface area contributed by atoms with Crippen LogP contribution in [-0.2, 0) is 132 Å². The Hall–Kier alpha value is -12.2. The lowest BCUT2D eigenvalue weighted by molar-refractivity contribution is -0.117. The summed E-state index contributed by atoms with van der Waals surface area (Å²) in [6, 6.07) is 22.4. The molecule has 121 heavy (non-hydrogen) atoms. The van der Waals surface area contributed by atoms with E-state index in [9.17, 15) is 33.6 Å². The molecule has 7 amide bonds. The highest BCUT2D eigenvalue weighted by molar-refractivity contribution is 7.16. The third-order valence-electron chi connectivity index (χ3n) is 17.7. The number of carbonyl (C=O) groups is 7. The average Bonchev–Trinajstić information content (AvgIpc) is 1.73. The molecular weight excluding hydrogens is 1620 g/mol. The van der Waals surface area contributed by atoms with E-state index in [1.165, 1.54) is 52.3 Å². The number of nitrogens with zero attached hydrogens (tertiary/aromatic N) is 12. The number of hydrogen-bond donors (Lipinski definition) is 8. The zero-order valence-corrected chi connectivity index (χ0v) is 73.5. The highest BCUT2D eigenvalue weighted by atomic mass is 32.1. The maximum absolute atomic E-state index is 12.3. The van der Waals surface area contributed by atoms with Crippen molar-refractivity contribution < 1.29 is 56.4 Å². The van der Waals surface area contributed by atoms with E-state index < -0.39 is 6.09 Å². The third kappa shape index (κ3) is 30.9. The lowest BCUT2D eigenvalue weighted by atomic mass is 9.93. The van der Waals surface area contributed by atoms with Crippen molar-refractivity contribution in [3.8, 4) is 0 Å². The van der Waals surface area contributed by atoms with Crippen LogP contribution < -0.4 is 43.0 Å². The van der Waals surface area contributed by atoms with Crippen molar-refractivity contribution in [2.75, 3.05) is 49.6 Å². The van der Waals surface area contributed by atoms with Crippen molar-refractivity contribution in [3.63, 3.8) is 0 Å². The van der Waals surface area contributed by atoms with Crippen molar-refractivity contribution in [3.05, 3.63) is 210 Å². The van der Waals surface area contributed by atoms with Crippen molar-refractivity contribution in [2.24, 2.45) is 5.92 Å². The molecule has 0 saturated heterocycles. The summed E-state index contributed by atoms with van der Waals surface area (Å²) in [5.74, 6) is 4.46. The molecule has 36 heteroatoms. The lowest BCUT2D eigenvalue weighted by Gasteiger charge is -2.12. The zero-order valence-electron chi connectivity index (χ0n) is 70.2. The van der Waals surface area contributed by atoms with Gasteiger partial charge in [0.25, 0.3) is 0 Å². The standard InChI is InChI=1S/C23H27N5O3S.C22H27N5O4S.C21H25N5O3S.C19H23N5O2S/c1-23(2,3)18-11-16(28-31-18)12-20(29)27-22-25-13-17(32-22)7-4-14-8-9-24-19(10-14)26-21(30)15-5-6-15;1-5-30-21(29)25-18-10-14(8-9-23-18)6-7-16-13-24-20(32-16)26-19(28)12-15-11-17(31-27-15)22(2,3)4;1-13(27)24-18-9-14(7-8-22-18)5-6-16-12-23-20(30-16)25-19(28)11-15-10-17(29-26-15)21(2,3)4;1-19(2,3)15-9-13(24-26-15)10-17(25)23-18-22-11-14(27-18)5-4-12-6-7-21-16(20)8-12/h8-11,13,15H,4-7,12H2,1-3H3,(H,24,26,30)(H,25,27,29);8-11,13H,5-7,12H2,1-4H3,(H,23,25,29)(H,24,26,28);7-10,12H,5-6,11H2,1-4H3,(H,22,24,27)(H,23,25,28);6-9,11H,4-5,10H2,1-3H3,(H2,20,21)(H,22,23,25). The highest BCUT2D eigenvalue weighted by Crippen LogP contribution is 2.32. The second-order valence-corrected chi connectivity index (χ2v) is 37.1. The van der Waals surface area contributed by atoms with E-state index in [4.69, 9.17) is 28.6 Å². The Morgan fingerprint density at radius 2 is 0.678 bits per heavy atom. The number of ether oxygens (including phenoxy) is 1. The number of nitrogens with one attached hydrogen (secondary N) is 7. The number of rotatable bonds is 29. The van der Waals surface area contributed by atoms with E-state index in [2.05, 4.69) is 97.7 Å². The lowest BCUT2D eigenvalue weighted by Crippen LogP contribution is -2.14. The quantitative estimate of drug-likeness (QED) is 0.0216. The minimum atomic E-state index is -0.528. The Labute approximate surface area is 717 Å². The number of anilines is 8. The smallest absolute Gasteiger partial charge is 0.412 e. The molecule has 12 aromatic heterocycles. The molecule has 32 nitrogen and oxygen atoms in total. The van der Waals surface area contributed by atoms with Gasteiger partial charge in [-0.25, -0.2) is 44.7 Å². The van der Waals surface area contributed by atoms with Gasteiger partial charge >= 0.3 is 6.09 Å². The molecule has 1 saturated carbocycles. The molecule has 12 aromatic rings. The van der Waals surface area contributed by atoms with Gasteiger partial charge in [0.1, 0.15) is 46.3 Å². The SMILES string of the molecule is CC(=O)Nc1cc(CCc2cnc(NC(=O)Cc3cc(C(C)(C)C)on3)s2)ccn1.CC(C)(C)c1cc(CC(=O)Nc2ncc(CCc3ccnc(N)c3)s2)no1.CC(C)(C)c1cc(CC(=O)Nc2ncc(CCc3ccnc(NC(=O)C4CC4)c3)s2)no1.CCOC(=O)Nc1cc(CCc2cnc(NC(=O)Cc3cc(C(C)(C)C)on3)s2)ccn1. The number of aryl methyl sites for hydroxylation is 8. The average molecular weight is 1720 g/mol. The van der Waals surface area contributed by atoms with Crippen LogP contribution in [0.5, 0.6) is 0 Å². The van der Waals surface area contributed by atoms with E-state index in [-0.39, 0.29) is 88.7 Å². The van der Waals surface area contributed by atoms with E-state index in [1.54, 1.807) is 56.5 Å². The molecule has 1 aliphatic carbocycles. The van der Waals surface area contributed by atoms with E-state index in [1.807, 2.05) is 156 Å². The molecule has 0 atom stereocenters. The first-order chi connectivity index (χ1) is 57.5. The molecule has 638 valence electrons. The summed E-state index contributed by atoms with van der Waals surface area (Å²) in [6.07, 6.45) is 22.1. The minimum absolute atomic E-state index is 0.0535. The molecule has 13 rings (SSSR count). The maximum atomic E-state index is 12.3. The first-order valence-corrected chi connectivity index (χ1v) is 42.6. The largest absolute Gasteiger partial charge is 0.450 e. The van der Waals surface area contributed by atoms with Crippen LogP contribution in [-0.4, -0.2) is 109 Å². The summed E-state index contributed by atoms with van der Waals surface area (Å²) >= 11 is 5.80. The molecule has 0 bridgehead atoms. The second-order valence-electron chi connectivity index (χ2n) is 32.7. The Balaban J connectivity index is 0.000000170. The van der Waals surface area contributed by atoms with Gasteiger partial charge in [0.05, 0.1) is 55.1 Å². The predicted molar refractivity (Wildman–Crippen MR) is 466 cm³/mol. The van der Waals surface area contributed by atoms with Gasteiger partial charge in [-0.3, -0.25) is 34.1 Å². The van der Waals surface area contributed by atoms with Crippen molar-refractivity contribution in [1.29, 1.82) is 0 Å². The van der Waals surface area contributed by atoms with Crippen molar-refractivity contribution in [1.82, 2.24) is 60.5 Å². The third-order valence-corrected chi connectivity index (χ3v) is 21.6. The van der Waals surface area contributed by atoms with Gasteiger partial charge in [0.15, 0.2) is 20.5 Å². The summed E-state index contributed by atoms with van der Waals surface area (Å²) < 4.78 is 26.1. The van der Waals surface area contributed by atoms with Crippen LogP contribution in [0.3, 0.4) is 0 Å². The first-order valence-electron chi connectivity index (χ1n) is 39.4. The number of carbonyl (C=O) groups excluding carboxylic acids is 7. The van der Waals surface area contributed by atoms with Crippen LogP contribution in [0, 0.1) is 5.92 Å². The predicted octanol–water partition coefficient (Wildman–Crippen LogP) is 15.6. The number of pyridine rings is 4. The Morgan fingerprint density at radius 1 is 0.388 bits per heavy atom. The van der Waals surface area contributed by atoms with Crippen LogP contribution in [0.4, 0.5) is 48.6 Å². The number of nitrogens with two attached hydrogens (primary N) is 1. The topological polar surface area (TPSA) is 446 Å². The molecule has 1 aliphatic rings. The van der Waals surface area contributed by atoms with Crippen LogP contribution in [0.1, 0.15) is 197 Å². The van der Waals surface area contributed by atoms with Gasteiger partial charge in [-0.1, -0.05) is 104 Å². The summed E-state index contributed by atoms with van der Waals surface area (Å²) in [5.41, 5.74) is 11.8. The van der Waals surface area contributed by atoms with Crippen LogP contribution in [0.2, 0.25) is 0 Å². The molecule has 9 N–H and O–H groups in total. The number of aromatic nitrogens is 12. The first kappa shape index (κ1) is 91.2. The molecule has 0 radical (unpaired) electrons. The molecule has 0 aromatic carbocycles. The Kier molecular flexibility index (Phi) is 31.8. The van der Waals surface area contributed by atoms with Gasteiger partial charge in [0.2, 0.25) is 35.4 Å². The fraction of sp³-hybridized carbons (Fsp3) is 0.400. The Morgan fingerprint density at radius 3 is 0.950 bits per heavy atom. The van der Waals surface area contributed by atoms with Gasteiger partial charge in [-0.05, 0) is 142 Å². The number of hydrogen-bond acceptors (Lipinski definition) is 29. The van der Waals surface area contributed by atoms with Crippen LogP contribution in [0.15, 0.2) is 140 Å². The van der Waals surface area contributed by atoms with E-state index in [0.717, 1.165) is 129 Å². The van der Waals surface area contributed by atoms with Crippen molar-refractivity contribution in [2.45, 2.75) is 208 Å². The molecular formula is C85H102N20O12S4. The van der Waals surface area contributed by atoms with Gasteiger partial charge in [0, 0.05) is 128 Å². The molecule has 12 heterocycles. The zero-order chi connectivity index (χ0) is 87.0.